The molecule has 0 aliphatic carbocycles. The molecular weight excluding hydrogens is 244 g/mol. The maximum atomic E-state index is 4.19. The van der Waals surface area contributed by atoms with Crippen molar-refractivity contribution in [3.63, 3.8) is 0 Å². The molecule has 2 atom stereocenters. The third-order valence-electron chi connectivity index (χ3n) is 3.83. The lowest BCUT2D eigenvalue weighted by atomic mass is 10.00. The van der Waals surface area contributed by atoms with E-state index in [-0.39, 0.29) is 0 Å². The van der Waals surface area contributed by atoms with Gasteiger partial charge >= 0.3 is 0 Å². The number of hydrogen-bond donors (Lipinski definition) is 1. The van der Waals surface area contributed by atoms with E-state index < -0.39 is 0 Å². The first-order chi connectivity index (χ1) is 9.74. The number of nitrogens with one attached hydrogen (secondary N) is 1. The molecule has 0 fully saturated rings. The zero-order valence-corrected chi connectivity index (χ0v) is 12.6. The van der Waals surface area contributed by atoms with Gasteiger partial charge in [0.1, 0.15) is 0 Å². The van der Waals surface area contributed by atoms with Gasteiger partial charge in [-0.1, -0.05) is 44.2 Å². The molecule has 106 valence electrons. The molecule has 0 radical (unpaired) electrons. The smallest absolute Gasteiger partial charge is 0.0323 e. The summed E-state index contributed by atoms with van der Waals surface area (Å²) in [7, 11) is 0. The number of nitrogens with zero attached hydrogens (tertiary/aromatic N) is 1. The van der Waals surface area contributed by atoms with Crippen LogP contribution in [0.25, 0.3) is 0 Å². The summed E-state index contributed by atoms with van der Waals surface area (Å²) in [6.45, 7) is 6.61. The van der Waals surface area contributed by atoms with Crippen molar-refractivity contribution in [3.8, 4) is 0 Å². The molecule has 0 saturated carbocycles. The highest BCUT2D eigenvalue weighted by atomic mass is 14.9. The van der Waals surface area contributed by atoms with Crippen molar-refractivity contribution < 1.29 is 0 Å². The fourth-order valence-electron chi connectivity index (χ4n) is 2.47. The maximum Gasteiger partial charge on any atom is 0.0323 e. The normalized spacial score (nSPS) is 13.9. The third-order valence-corrected chi connectivity index (χ3v) is 3.83. The van der Waals surface area contributed by atoms with Crippen LogP contribution in [0.2, 0.25) is 0 Å². The summed E-state index contributed by atoms with van der Waals surface area (Å²) in [6.07, 6.45) is 5.92. The highest BCUT2D eigenvalue weighted by molar-refractivity contribution is 5.25. The molecule has 1 N–H and O–H groups in total. The molecule has 20 heavy (non-hydrogen) atoms. The van der Waals surface area contributed by atoms with Crippen LogP contribution in [0.3, 0.4) is 0 Å². The summed E-state index contributed by atoms with van der Waals surface area (Å²) < 4.78 is 0. The average Bonchev–Trinajstić information content (AvgIpc) is 2.53. The lowest BCUT2D eigenvalue weighted by Gasteiger charge is -2.23. The molecule has 0 aliphatic rings. The Bertz CT molecular complexity index is 505. The van der Waals surface area contributed by atoms with Gasteiger partial charge in [-0.25, -0.2) is 0 Å². The number of benzene rings is 1. The first-order valence-electron chi connectivity index (χ1n) is 7.49. The monoisotopic (exact) mass is 268 g/mol. The van der Waals surface area contributed by atoms with E-state index in [2.05, 4.69) is 61.4 Å². The second-order valence-electron chi connectivity index (χ2n) is 5.23. The average molecular weight is 268 g/mol. The molecule has 0 amide bonds. The predicted molar refractivity (Wildman–Crippen MR) is 84.6 cm³/mol. The summed E-state index contributed by atoms with van der Waals surface area (Å²) in [5.41, 5.74) is 3.99. The van der Waals surface area contributed by atoms with E-state index in [9.17, 15) is 0 Å². The van der Waals surface area contributed by atoms with Crippen molar-refractivity contribution in [3.05, 3.63) is 65.5 Å². The van der Waals surface area contributed by atoms with Crippen molar-refractivity contribution in [1.29, 1.82) is 0 Å². The van der Waals surface area contributed by atoms with Gasteiger partial charge in [-0.05, 0) is 42.5 Å². The Labute approximate surface area is 122 Å². The highest BCUT2D eigenvalue weighted by Gasteiger charge is 2.13. The lowest BCUT2D eigenvalue weighted by Crippen LogP contribution is -2.24. The fraction of sp³-hybridized carbons (Fsp3) is 0.389. The van der Waals surface area contributed by atoms with Crippen LogP contribution in [0.5, 0.6) is 0 Å². The van der Waals surface area contributed by atoms with E-state index in [0.29, 0.717) is 12.1 Å². The van der Waals surface area contributed by atoms with Crippen LogP contribution in [-0.2, 0) is 6.42 Å². The molecule has 0 saturated heterocycles. The minimum atomic E-state index is 0.305. The van der Waals surface area contributed by atoms with Gasteiger partial charge in [0.2, 0.25) is 0 Å². The number of pyridine rings is 1. The molecule has 2 aromatic rings. The molecule has 2 heteroatoms. The topological polar surface area (TPSA) is 24.9 Å². The second-order valence-corrected chi connectivity index (χ2v) is 5.23. The Balaban J connectivity index is 2.08. The number of aromatic nitrogens is 1. The van der Waals surface area contributed by atoms with Gasteiger partial charge < -0.3 is 5.32 Å². The second kappa shape index (κ2) is 7.20. The van der Waals surface area contributed by atoms with Crippen molar-refractivity contribution >= 4 is 0 Å². The number of hydrogen-bond acceptors (Lipinski definition) is 2. The number of rotatable bonds is 6. The van der Waals surface area contributed by atoms with E-state index in [0.717, 1.165) is 12.8 Å². The van der Waals surface area contributed by atoms with Crippen LogP contribution in [0, 0.1) is 0 Å². The summed E-state index contributed by atoms with van der Waals surface area (Å²) in [6, 6.07) is 13.8. The molecule has 2 nitrogen and oxygen atoms in total. The Morgan fingerprint density at radius 1 is 1.05 bits per heavy atom. The van der Waals surface area contributed by atoms with E-state index in [1.54, 1.807) is 0 Å². The van der Waals surface area contributed by atoms with Crippen LogP contribution in [0.15, 0.2) is 48.8 Å². The summed E-state index contributed by atoms with van der Waals surface area (Å²) in [4.78, 5) is 4.19. The largest absolute Gasteiger partial charge is 0.303 e. The van der Waals surface area contributed by atoms with Crippen molar-refractivity contribution in [1.82, 2.24) is 10.3 Å². The molecule has 1 aromatic carbocycles. The Kier molecular flexibility index (Phi) is 5.31. The van der Waals surface area contributed by atoms with Crippen LogP contribution < -0.4 is 5.32 Å². The van der Waals surface area contributed by atoms with Crippen molar-refractivity contribution in [2.24, 2.45) is 0 Å². The van der Waals surface area contributed by atoms with Crippen LogP contribution in [0.1, 0.15) is 56.0 Å². The molecule has 1 aromatic heterocycles. The van der Waals surface area contributed by atoms with Gasteiger partial charge in [0, 0.05) is 24.5 Å². The van der Waals surface area contributed by atoms with Gasteiger partial charge in [0.05, 0.1) is 0 Å². The Morgan fingerprint density at radius 3 is 2.35 bits per heavy atom. The molecule has 0 bridgehead atoms. The molecule has 0 spiro atoms. The predicted octanol–water partition coefficient (Wildman–Crippen LogP) is 4.45. The SMILES string of the molecule is CCc1ccc(C(CC)NC(C)c2cccnc2)cc1. The molecule has 0 aliphatic heterocycles. The fourth-order valence-corrected chi connectivity index (χ4v) is 2.47. The first-order valence-corrected chi connectivity index (χ1v) is 7.49. The first kappa shape index (κ1) is 14.7. The van der Waals surface area contributed by atoms with Crippen LogP contribution in [0.4, 0.5) is 0 Å². The van der Waals surface area contributed by atoms with E-state index in [1.165, 1.54) is 16.7 Å². The molecular formula is C18H24N2. The summed E-state index contributed by atoms with van der Waals surface area (Å²) >= 11 is 0. The van der Waals surface area contributed by atoms with E-state index >= 15 is 0 Å². The van der Waals surface area contributed by atoms with Crippen LogP contribution >= 0.6 is 0 Å². The third kappa shape index (κ3) is 3.67. The van der Waals surface area contributed by atoms with E-state index in [1.807, 2.05) is 18.5 Å². The molecule has 2 rings (SSSR count). The number of aryl methyl sites for hydroxylation is 1. The quantitative estimate of drug-likeness (QED) is 0.837. The van der Waals surface area contributed by atoms with Gasteiger partial charge in [-0.3, -0.25) is 4.98 Å². The van der Waals surface area contributed by atoms with Gasteiger partial charge in [-0.2, -0.15) is 0 Å². The van der Waals surface area contributed by atoms with Gasteiger partial charge in [0.25, 0.3) is 0 Å². The zero-order valence-electron chi connectivity index (χ0n) is 12.6. The highest BCUT2D eigenvalue weighted by Crippen LogP contribution is 2.22. The zero-order chi connectivity index (χ0) is 14.4. The Morgan fingerprint density at radius 2 is 1.80 bits per heavy atom. The van der Waals surface area contributed by atoms with Gasteiger partial charge in [0.15, 0.2) is 0 Å². The van der Waals surface area contributed by atoms with Crippen molar-refractivity contribution in [2.45, 2.75) is 45.7 Å². The van der Waals surface area contributed by atoms with Crippen molar-refractivity contribution in [2.75, 3.05) is 0 Å². The minimum absolute atomic E-state index is 0.305. The Hall–Kier alpha value is -1.67. The summed E-state index contributed by atoms with van der Waals surface area (Å²) in [5.74, 6) is 0. The maximum absolute atomic E-state index is 4.19. The summed E-state index contributed by atoms with van der Waals surface area (Å²) in [5, 5.41) is 3.70. The molecule has 1 heterocycles. The van der Waals surface area contributed by atoms with Crippen LogP contribution in [-0.4, -0.2) is 4.98 Å². The standard InChI is InChI=1S/C18H24N2/c1-4-15-8-10-16(11-9-15)18(5-2)20-14(3)17-7-6-12-19-13-17/h6-14,18,20H,4-5H2,1-3H3. The molecule has 2 unspecified atom stereocenters. The van der Waals surface area contributed by atoms with E-state index in [4.69, 9.17) is 0 Å². The minimum Gasteiger partial charge on any atom is -0.303 e. The lowest BCUT2D eigenvalue weighted by molar-refractivity contribution is 0.455. The van der Waals surface area contributed by atoms with Gasteiger partial charge in [-0.15, -0.1) is 0 Å².